The SMILES string of the molecule is [CH]=CC(C)(C)C. The lowest BCUT2D eigenvalue weighted by molar-refractivity contribution is 0.544. The predicted octanol–water partition coefficient (Wildman–Crippen LogP) is 2.02. The number of hydrogen-bond acceptors (Lipinski definition) is 0. The van der Waals surface area contributed by atoms with Gasteiger partial charge >= 0.3 is 0 Å². The highest BCUT2D eigenvalue weighted by atomic mass is 14.0. The number of hydrogen-bond donors (Lipinski definition) is 0. The van der Waals surface area contributed by atoms with E-state index in [2.05, 4.69) is 20.8 Å². The van der Waals surface area contributed by atoms with Crippen LogP contribution in [0.15, 0.2) is 6.08 Å². The molecule has 0 saturated carbocycles. The van der Waals surface area contributed by atoms with Gasteiger partial charge < -0.3 is 0 Å². The highest BCUT2D eigenvalue weighted by Crippen LogP contribution is 2.11. The van der Waals surface area contributed by atoms with E-state index in [0.717, 1.165) is 0 Å². The van der Waals surface area contributed by atoms with Crippen LogP contribution in [0.3, 0.4) is 0 Å². The second-order valence-corrected chi connectivity index (χ2v) is 2.53. The van der Waals surface area contributed by atoms with Crippen LogP contribution in [0.4, 0.5) is 0 Å². The summed E-state index contributed by atoms with van der Waals surface area (Å²) in [4.78, 5) is 0. The zero-order chi connectivity index (χ0) is 5.21. The van der Waals surface area contributed by atoms with E-state index in [0.29, 0.717) is 0 Å². The largest absolute Gasteiger partial charge is 0.0791 e. The average molecular weight is 83.2 g/mol. The second-order valence-electron chi connectivity index (χ2n) is 2.53. The third-order valence-corrected chi connectivity index (χ3v) is 0.500. The van der Waals surface area contributed by atoms with E-state index in [4.69, 9.17) is 6.58 Å². The van der Waals surface area contributed by atoms with Crippen molar-refractivity contribution < 1.29 is 0 Å². The molecule has 0 aromatic rings. The van der Waals surface area contributed by atoms with Gasteiger partial charge in [-0.2, -0.15) is 0 Å². The Morgan fingerprint density at radius 2 is 1.50 bits per heavy atom. The Morgan fingerprint density at radius 1 is 1.33 bits per heavy atom. The first-order valence-corrected chi connectivity index (χ1v) is 2.12. The van der Waals surface area contributed by atoms with Crippen molar-refractivity contribution in [3.05, 3.63) is 12.7 Å². The summed E-state index contributed by atoms with van der Waals surface area (Å²) in [5.74, 6) is 0. The zero-order valence-corrected chi connectivity index (χ0v) is 4.65. The molecule has 0 heterocycles. The quantitative estimate of drug-likeness (QED) is 0.420. The Balaban J connectivity index is 3.45. The van der Waals surface area contributed by atoms with Crippen molar-refractivity contribution in [1.82, 2.24) is 0 Å². The molecule has 35 valence electrons. The Labute approximate surface area is 39.9 Å². The van der Waals surface area contributed by atoms with Crippen molar-refractivity contribution in [1.29, 1.82) is 0 Å². The minimum atomic E-state index is 0.194. The smallest absolute Gasteiger partial charge is 0.0200 e. The van der Waals surface area contributed by atoms with E-state index in [9.17, 15) is 0 Å². The van der Waals surface area contributed by atoms with E-state index in [1.807, 2.05) is 0 Å². The van der Waals surface area contributed by atoms with Crippen molar-refractivity contribution in [2.45, 2.75) is 20.8 Å². The predicted molar refractivity (Wildman–Crippen MR) is 28.3 cm³/mol. The van der Waals surface area contributed by atoms with Gasteiger partial charge in [-0.1, -0.05) is 33.4 Å². The molecule has 0 aliphatic heterocycles. The summed E-state index contributed by atoms with van der Waals surface area (Å²) in [6.07, 6.45) is 1.69. The summed E-state index contributed by atoms with van der Waals surface area (Å²) < 4.78 is 0. The molecule has 0 nitrogen and oxygen atoms in total. The molecule has 0 bridgehead atoms. The molecule has 1 radical (unpaired) electrons. The van der Waals surface area contributed by atoms with Gasteiger partial charge in [0.05, 0.1) is 0 Å². The van der Waals surface area contributed by atoms with Crippen molar-refractivity contribution in [2.24, 2.45) is 5.41 Å². The fraction of sp³-hybridized carbons (Fsp3) is 0.667. The summed E-state index contributed by atoms with van der Waals surface area (Å²) >= 11 is 0. The Morgan fingerprint density at radius 3 is 1.50 bits per heavy atom. The molecule has 0 aliphatic carbocycles. The first-order valence-electron chi connectivity index (χ1n) is 2.12. The Hall–Kier alpha value is -0.260. The fourth-order valence-electron chi connectivity index (χ4n) is 0. The molecule has 0 N–H and O–H groups in total. The van der Waals surface area contributed by atoms with Crippen LogP contribution in [0.1, 0.15) is 20.8 Å². The Kier molecular flexibility index (Phi) is 1.40. The zero-order valence-electron chi connectivity index (χ0n) is 4.65. The van der Waals surface area contributed by atoms with Crippen LogP contribution in [0.2, 0.25) is 0 Å². The second kappa shape index (κ2) is 1.46. The van der Waals surface area contributed by atoms with Gasteiger partial charge in [-0.25, -0.2) is 0 Å². The maximum Gasteiger partial charge on any atom is -0.0200 e. The highest BCUT2D eigenvalue weighted by Gasteiger charge is 1.99. The summed E-state index contributed by atoms with van der Waals surface area (Å²) in [5, 5.41) is 0. The van der Waals surface area contributed by atoms with Crippen LogP contribution in [0, 0.1) is 12.0 Å². The Bertz CT molecular complexity index is 45.5. The summed E-state index contributed by atoms with van der Waals surface area (Å²) in [7, 11) is 0. The van der Waals surface area contributed by atoms with Gasteiger partial charge in [0, 0.05) is 0 Å². The van der Waals surface area contributed by atoms with E-state index < -0.39 is 0 Å². The first-order chi connectivity index (χ1) is 2.56. The molecule has 0 heteroatoms. The highest BCUT2D eigenvalue weighted by molar-refractivity contribution is 4.79. The molecule has 0 amide bonds. The van der Waals surface area contributed by atoms with E-state index in [1.165, 1.54) is 0 Å². The van der Waals surface area contributed by atoms with Crippen LogP contribution < -0.4 is 0 Å². The molecular formula is C6H11. The fourth-order valence-corrected chi connectivity index (χ4v) is 0. The molecule has 6 heavy (non-hydrogen) atoms. The number of rotatable bonds is 0. The lowest BCUT2D eigenvalue weighted by atomic mass is 9.98. The van der Waals surface area contributed by atoms with Crippen molar-refractivity contribution in [3.8, 4) is 0 Å². The van der Waals surface area contributed by atoms with Crippen LogP contribution in [0.25, 0.3) is 0 Å². The van der Waals surface area contributed by atoms with Gasteiger partial charge in [-0.15, -0.1) is 0 Å². The molecule has 0 rings (SSSR count). The maximum absolute atomic E-state index is 5.18. The molecule has 0 unspecified atom stereocenters. The summed E-state index contributed by atoms with van der Waals surface area (Å²) in [6.45, 7) is 11.4. The molecule has 0 spiro atoms. The van der Waals surface area contributed by atoms with Crippen LogP contribution in [0.5, 0.6) is 0 Å². The molecule has 0 aromatic carbocycles. The average Bonchev–Trinajstić information content (AvgIpc) is 1.35. The molecule has 0 aromatic heterocycles. The van der Waals surface area contributed by atoms with E-state index in [-0.39, 0.29) is 5.41 Å². The maximum atomic E-state index is 5.18. The van der Waals surface area contributed by atoms with Crippen LogP contribution >= 0.6 is 0 Å². The third kappa shape index (κ3) is 3.74. The molecule has 0 fully saturated rings. The summed E-state index contributed by atoms with van der Waals surface area (Å²) in [6, 6.07) is 0. The topological polar surface area (TPSA) is 0 Å². The minimum Gasteiger partial charge on any atom is -0.0791 e. The van der Waals surface area contributed by atoms with Crippen molar-refractivity contribution in [3.63, 3.8) is 0 Å². The van der Waals surface area contributed by atoms with Crippen LogP contribution in [-0.2, 0) is 0 Å². The monoisotopic (exact) mass is 83.1 g/mol. The standard InChI is InChI=1S/C6H11/c1-5-6(2,3)4/h1,5H,2-4H3. The third-order valence-electron chi connectivity index (χ3n) is 0.500. The van der Waals surface area contributed by atoms with Crippen molar-refractivity contribution >= 4 is 0 Å². The van der Waals surface area contributed by atoms with Gasteiger partial charge in [0.15, 0.2) is 0 Å². The molecule has 0 aliphatic rings. The first kappa shape index (κ1) is 5.74. The lowest BCUT2D eigenvalue weighted by Gasteiger charge is -2.08. The van der Waals surface area contributed by atoms with E-state index in [1.54, 1.807) is 6.08 Å². The lowest BCUT2D eigenvalue weighted by Crippen LogP contribution is -1.96. The van der Waals surface area contributed by atoms with Gasteiger partial charge in [-0.3, -0.25) is 0 Å². The van der Waals surface area contributed by atoms with E-state index >= 15 is 0 Å². The van der Waals surface area contributed by atoms with Gasteiger partial charge in [0.2, 0.25) is 0 Å². The summed E-state index contributed by atoms with van der Waals surface area (Å²) in [5.41, 5.74) is 0.194. The normalized spacial score (nSPS) is 11.2. The van der Waals surface area contributed by atoms with Crippen molar-refractivity contribution in [2.75, 3.05) is 0 Å². The molecule has 0 saturated heterocycles. The van der Waals surface area contributed by atoms with Crippen LogP contribution in [-0.4, -0.2) is 0 Å². The van der Waals surface area contributed by atoms with Gasteiger partial charge in [0.25, 0.3) is 0 Å². The molecular weight excluding hydrogens is 72.1 g/mol. The van der Waals surface area contributed by atoms with Gasteiger partial charge in [-0.05, 0) is 5.41 Å². The van der Waals surface area contributed by atoms with Gasteiger partial charge in [0.1, 0.15) is 0 Å². The molecule has 0 atom stereocenters. The number of allylic oxidation sites excluding steroid dienone is 1. The minimum absolute atomic E-state index is 0.194.